The lowest BCUT2D eigenvalue weighted by atomic mass is 10.2. The second kappa shape index (κ2) is 10.4. The van der Waals surface area contributed by atoms with Crippen LogP contribution in [0.25, 0.3) is 0 Å². The summed E-state index contributed by atoms with van der Waals surface area (Å²) in [5, 5.41) is 9.00. The van der Waals surface area contributed by atoms with E-state index in [1.54, 1.807) is 31.2 Å². The van der Waals surface area contributed by atoms with Gasteiger partial charge in [0.1, 0.15) is 5.75 Å². The number of esters is 1. The highest BCUT2D eigenvalue weighted by Crippen LogP contribution is 2.16. The van der Waals surface area contributed by atoms with Gasteiger partial charge in [0, 0.05) is 0 Å². The molecule has 0 radical (unpaired) electrons. The summed E-state index contributed by atoms with van der Waals surface area (Å²) in [6, 6.07) is 7.03. The largest absolute Gasteiger partial charge is 0.479 e. The maximum atomic E-state index is 11.5. The van der Waals surface area contributed by atoms with Crippen LogP contribution in [-0.4, -0.2) is 23.8 Å². The van der Waals surface area contributed by atoms with Crippen LogP contribution in [0.5, 0.6) is 5.75 Å². The maximum absolute atomic E-state index is 11.5. The molecule has 19 heavy (non-hydrogen) atoms. The molecule has 0 aliphatic heterocycles. The molecule has 1 unspecified atom stereocenters. The van der Waals surface area contributed by atoms with Gasteiger partial charge in [0.15, 0.2) is 6.10 Å². The molecule has 1 atom stereocenters. The monoisotopic (exact) mass is 268 g/mol. The van der Waals surface area contributed by atoms with Gasteiger partial charge in [-0.3, -0.25) is 0 Å². The van der Waals surface area contributed by atoms with E-state index in [0.717, 1.165) is 5.56 Å². The van der Waals surface area contributed by atoms with E-state index in [0.29, 0.717) is 18.8 Å². The lowest BCUT2D eigenvalue weighted by molar-refractivity contribution is -0.151. The van der Waals surface area contributed by atoms with E-state index in [-0.39, 0.29) is 12.6 Å². The Labute approximate surface area is 115 Å². The van der Waals surface area contributed by atoms with Crippen molar-refractivity contribution >= 4 is 5.97 Å². The molecule has 4 heteroatoms. The van der Waals surface area contributed by atoms with E-state index in [1.165, 1.54) is 0 Å². The second-order valence-electron chi connectivity index (χ2n) is 3.57. The van der Waals surface area contributed by atoms with Crippen molar-refractivity contribution in [2.75, 3.05) is 6.61 Å². The molecule has 0 aromatic heterocycles. The van der Waals surface area contributed by atoms with Crippen molar-refractivity contribution in [3.05, 3.63) is 29.8 Å². The third-order valence-corrected chi connectivity index (χ3v) is 2.28. The second-order valence-corrected chi connectivity index (χ2v) is 3.57. The topological polar surface area (TPSA) is 55.8 Å². The summed E-state index contributed by atoms with van der Waals surface area (Å²) in [7, 11) is 0. The zero-order chi connectivity index (χ0) is 14.7. The number of hydrogen-bond donors (Lipinski definition) is 1. The summed E-state index contributed by atoms with van der Waals surface area (Å²) in [5.41, 5.74) is 0.751. The normalized spacial score (nSPS) is 11.0. The van der Waals surface area contributed by atoms with Gasteiger partial charge in [-0.05, 0) is 31.0 Å². The van der Waals surface area contributed by atoms with E-state index < -0.39 is 6.10 Å². The van der Waals surface area contributed by atoms with Crippen molar-refractivity contribution in [2.45, 2.75) is 46.8 Å². The molecular weight excluding hydrogens is 244 g/mol. The maximum Gasteiger partial charge on any atom is 0.347 e. The van der Waals surface area contributed by atoms with Crippen LogP contribution in [0, 0.1) is 0 Å². The minimum Gasteiger partial charge on any atom is -0.479 e. The van der Waals surface area contributed by atoms with Crippen molar-refractivity contribution in [2.24, 2.45) is 0 Å². The molecule has 108 valence electrons. The summed E-state index contributed by atoms with van der Waals surface area (Å²) < 4.78 is 10.4. The standard InChI is InChI=1S/C13H18O4.C2H6/c1-3-12(13(15)16-4-2)17-11-7-5-6-10(8-11)9-14;1-2/h5-8,12,14H,3-4,9H2,1-2H3;1-2H3. The molecule has 0 amide bonds. The van der Waals surface area contributed by atoms with Gasteiger partial charge in [-0.25, -0.2) is 4.79 Å². The molecule has 1 rings (SSSR count). The number of aliphatic hydroxyl groups excluding tert-OH is 1. The first-order valence-electron chi connectivity index (χ1n) is 6.74. The molecule has 0 aliphatic carbocycles. The molecule has 0 fully saturated rings. The van der Waals surface area contributed by atoms with E-state index in [9.17, 15) is 4.79 Å². The van der Waals surface area contributed by atoms with Crippen molar-refractivity contribution in [3.8, 4) is 5.75 Å². The van der Waals surface area contributed by atoms with Crippen LogP contribution in [0.1, 0.15) is 39.7 Å². The third kappa shape index (κ3) is 6.25. The highest BCUT2D eigenvalue weighted by Gasteiger charge is 2.19. The molecule has 4 nitrogen and oxygen atoms in total. The fourth-order valence-corrected chi connectivity index (χ4v) is 1.41. The summed E-state index contributed by atoms with van der Waals surface area (Å²) in [6.07, 6.45) is -0.0498. The van der Waals surface area contributed by atoms with Gasteiger partial charge in [-0.2, -0.15) is 0 Å². The Morgan fingerprint density at radius 2 is 2.00 bits per heavy atom. The first kappa shape index (κ1) is 17.4. The van der Waals surface area contributed by atoms with E-state index in [2.05, 4.69) is 0 Å². The number of aliphatic hydroxyl groups is 1. The van der Waals surface area contributed by atoms with Gasteiger partial charge in [0.05, 0.1) is 13.2 Å². The number of carbonyl (C=O) groups excluding carboxylic acids is 1. The van der Waals surface area contributed by atoms with Crippen LogP contribution in [-0.2, 0) is 16.1 Å². The van der Waals surface area contributed by atoms with Crippen LogP contribution in [0.2, 0.25) is 0 Å². The van der Waals surface area contributed by atoms with Crippen LogP contribution in [0.3, 0.4) is 0 Å². The molecule has 0 heterocycles. The van der Waals surface area contributed by atoms with Gasteiger partial charge in [0.2, 0.25) is 0 Å². The van der Waals surface area contributed by atoms with Crippen LogP contribution in [0.4, 0.5) is 0 Å². The molecule has 1 aromatic rings. The molecule has 1 aromatic carbocycles. The molecule has 0 saturated heterocycles. The van der Waals surface area contributed by atoms with Crippen LogP contribution >= 0.6 is 0 Å². The SMILES string of the molecule is CC.CCOC(=O)C(CC)Oc1cccc(CO)c1. The van der Waals surface area contributed by atoms with E-state index in [4.69, 9.17) is 14.6 Å². The molecule has 0 aliphatic rings. The van der Waals surface area contributed by atoms with Crippen molar-refractivity contribution < 1.29 is 19.4 Å². The van der Waals surface area contributed by atoms with Crippen molar-refractivity contribution in [1.82, 2.24) is 0 Å². The minimum absolute atomic E-state index is 0.0482. The first-order chi connectivity index (χ1) is 9.21. The summed E-state index contributed by atoms with van der Waals surface area (Å²) in [6.45, 7) is 7.91. The Morgan fingerprint density at radius 3 is 2.53 bits per heavy atom. The predicted octanol–water partition coefficient (Wildman–Crippen LogP) is 2.93. The number of rotatable bonds is 6. The predicted molar refractivity (Wildman–Crippen MR) is 75.1 cm³/mol. The highest BCUT2D eigenvalue weighted by molar-refractivity contribution is 5.75. The zero-order valence-corrected chi connectivity index (χ0v) is 12.2. The van der Waals surface area contributed by atoms with E-state index in [1.807, 2.05) is 20.8 Å². The minimum atomic E-state index is -0.594. The Kier molecular flexibility index (Phi) is 9.53. The molecule has 0 saturated carbocycles. The fourth-order valence-electron chi connectivity index (χ4n) is 1.41. The fraction of sp³-hybridized carbons (Fsp3) is 0.533. The highest BCUT2D eigenvalue weighted by atomic mass is 16.6. The molecule has 1 N–H and O–H groups in total. The van der Waals surface area contributed by atoms with Gasteiger partial charge < -0.3 is 14.6 Å². The Morgan fingerprint density at radius 1 is 1.32 bits per heavy atom. The Balaban J connectivity index is 0.00000154. The lowest BCUT2D eigenvalue weighted by Crippen LogP contribution is -2.28. The molecule has 0 spiro atoms. The van der Waals surface area contributed by atoms with Crippen molar-refractivity contribution in [1.29, 1.82) is 0 Å². The summed E-state index contributed by atoms with van der Waals surface area (Å²) in [4.78, 5) is 11.5. The average Bonchev–Trinajstić information content (AvgIpc) is 2.47. The van der Waals surface area contributed by atoms with Crippen molar-refractivity contribution in [3.63, 3.8) is 0 Å². The summed E-state index contributed by atoms with van der Waals surface area (Å²) >= 11 is 0. The van der Waals surface area contributed by atoms with E-state index >= 15 is 0 Å². The number of benzene rings is 1. The zero-order valence-electron chi connectivity index (χ0n) is 12.2. The molecule has 0 bridgehead atoms. The number of ether oxygens (including phenoxy) is 2. The van der Waals surface area contributed by atoms with Gasteiger partial charge in [-0.1, -0.05) is 32.9 Å². The quantitative estimate of drug-likeness (QED) is 0.806. The first-order valence-corrected chi connectivity index (χ1v) is 6.74. The number of carbonyl (C=O) groups is 1. The average molecular weight is 268 g/mol. The third-order valence-electron chi connectivity index (χ3n) is 2.28. The lowest BCUT2D eigenvalue weighted by Gasteiger charge is -2.16. The van der Waals surface area contributed by atoms with Crippen LogP contribution in [0.15, 0.2) is 24.3 Å². The Hall–Kier alpha value is -1.55. The Bertz CT molecular complexity index is 363. The summed E-state index contributed by atoms with van der Waals surface area (Å²) in [5.74, 6) is 0.209. The van der Waals surface area contributed by atoms with Gasteiger partial charge >= 0.3 is 5.97 Å². The smallest absolute Gasteiger partial charge is 0.347 e. The van der Waals surface area contributed by atoms with Gasteiger partial charge in [0.25, 0.3) is 0 Å². The van der Waals surface area contributed by atoms with Crippen LogP contribution < -0.4 is 4.74 Å². The number of hydrogen-bond acceptors (Lipinski definition) is 4. The van der Waals surface area contributed by atoms with Gasteiger partial charge in [-0.15, -0.1) is 0 Å². The molecular formula is C15H24O4.